The largest absolute Gasteiger partial charge is 0.485 e. The number of allylic oxidation sites excluding steroid dienone is 1. The number of rotatable bonds is 9. The maximum absolute atomic E-state index is 7.26. The minimum Gasteiger partial charge on any atom is -0.485 e. The van der Waals surface area contributed by atoms with E-state index >= 15 is 0 Å². The lowest BCUT2D eigenvalue weighted by Crippen LogP contribution is -2.30. The van der Waals surface area contributed by atoms with Gasteiger partial charge in [-0.15, -0.1) is 0 Å². The zero-order valence-electron chi connectivity index (χ0n) is 35.7. The van der Waals surface area contributed by atoms with Crippen molar-refractivity contribution in [2.75, 3.05) is 9.80 Å². The van der Waals surface area contributed by atoms with Crippen LogP contribution in [0, 0.1) is 0 Å². The molecule has 1 aliphatic heterocycles. The van der Waals surface area contributed by atoms with E-state index in [0.717, 1.165) is 45.3 Å². The van der Waals surface area contributed by atoms with Gasteiger partial charge >= 0.3 is 0 Å². The van der Waals surface area contributed by atoms with Crippen molar-refractivity contribution in [3.8, 4) is 39.1 Å². The Balaban J connectivity index is 0.955. The molecule has 10 aromatic carbocycles. The molecule has 2 unspecified atom stereocenters. The molecule has 0 radical (unpaired) electrons. The molecule has 3 nitrogen and oxygen atoms in total. The first-order chi connectivity index (χ1) is 32.2. The summed E-state index contributed by atoms with van der Waals surface area (Å²) >= 11 is 0. The van der Waals surface area contributed by atoms with E-state index in [1.54, 1.807) is 0 Å². The monoisotopic (exact) mass is 832 g/mol. The van der Waals surface area contributed by atoms with Crippen LogP contribution in [0.3, 0.4) is 0 Å². The van der Waals surface area contributed by atoms with Gasteiger partial charge in [0.2, 0.25) is 0 Å². The Morgan fingerprint density at radius 2 is 0.846 bits per heavy atom. The molecule has 10 aromatic rings. The number of ether oxygens (including phenoxy) is 1. The molecular weight excluding hydrogens is 789 g/mol. The molecule has 1 aliphatic carbocycles. The molecule has 0 spiro atoms. The third kappa shape index (κ3) is 7.14. The first-order valence-corrected chi connectivity index (χ1v) is 22.4. The summed E-state index contributed by atoms with van der Waals surface area (Å²) in [6.07, 6.45) is 6.71. The predicted molar refractivity (Wildman–Crippen MR) is 272 cm³/mol. The normalized spacial score (nSPS) is 14.9. The smallest absolute Gasteiger partial charge is 0.130 e. The summed E-state index contributed by atoms with van der Waals surface area (Å²) in [6.45, 7) is 0. The summed E-state index contributed by atoms with van der Waals surface area (Å²) in [5, 5.41) is 4.70. The molecule has 0 fully saturated rings. The highest BCUT2D eigenvalue weighted by Crippen LogP contribution is 2.49. The quantitative estimate of drug-likeness (QED) is 0.144. The molecule has 3 heteroatoms. The van der Waals surface area contributed by atoms with Gasteiger partial charge < -0.3 is 14.5 Å². The van der Waals surface area contributed by atoms with Gasteiger partial charge in [0, 0.05) is 45.5 Å². The fraction of sp³-hybridized carbons (Fsp3) is 0.0323. The maximum Gasteiger partial charge on any atom is 0.130 e. The molecule has 0 aromatic heterocycles. The fourth-order valence-corrected chi connectivity index (χ4v) is 9.80. The highest BCUT2D eigenvalue weighted by molar-refractivity contribution is 6.02. The van der Waals surface area contributed by atoms with Gasteiger partial charge in [0.05, 0.1) is 11.4 Å². The van der Waals surface area contributed by atoms with E-state index in [9.17, 15) is 0 Å². The van der Waals surface area contributed by atoms with Crippen molar-refractivity contribution in [3.05, 3.63) is 266 Å². The summed E-state index contributed by atoms with van der Waals surface area (Å²) < 4.78 is 7.26. The Morgan fingerprint density at radius 3 is 1.43 bits per heavy atom. The van der Waals surface area contributed by atoms with Crippen LogP contribution in [0.1, 0.15) is 11.5 Å². The maximum atomic E-state index is 7.26. The second kappa shape index (κ2) is 16.4. The van der Waals surface area contributed by atoms with E-state index in [0.29, 0.717) is 0 Å². The Morgan fingerprint density at radius 1 is 0.369 bits per heavy atom. The van der Waals surface area contributed by atoms with Gasteiger partial charge in [-0.05, 0) is 110 Å². The van der Waals surface area contributed by atoms with Crippen LogP contribution in [0.5, 0.6) is 5.75 Å². The Labute approximate surface area is 380 Å². The number of benzene rings is 10. The average Bonchev–Trinajstić information content (AvgIpc) is 3.38. The van der Waals surface area contributed by atoms with Gasteiger partial charge in [-0.3, -0.25) is 0 Å². The van der Waals surface area contributed by atoms with E-state index < -0.39 is 0 Å². The van der Waals surface area contributed by atoms with Crippen molar-refractivity contribution in [1.82, 2.24) is 0 Å². The van der Waals surface area contributed by atoms with E-state index in [-0.39, 0.29) is 12.0 Å². The van der Waals surface area contributed by atoms with Crippen molar-refractivity contribution in [1.29, 1.82) is 0 Å². The molecule has 2 atom stereocenters. The first-order valence-electron chi connectivity index (χ1n) is 22.4. The Kier molecular flexibility index (Phi) is 9.65. The van der Waals surface area contributed by atoms with Crippen LogP contribution in [0.15, 0.2) is 261 Å². The van der Waals surface area contributed by atoms with Gasteiger partial charge in [-0.25, -0.2) is 0 Å². The zero-order valence-corrected chi connectivity index (χ0v) is 35.7. The van der Waals surface area contributed by atoms with Crippen molar-refractivity contribution in [2.24, 2.45) is 0 Å². The third-order valence-electron chi connectivity index (χ3n) is 13.0. The average molecular weight is 833 g/mol. The number of hydrogen-bond donors (Lipinski definition) is 0. The van der Waals surface area contributed by atoms with Crippen molar-refractivity contribution in [2.45, 2.75) is 12.0 Å². The molecular formula is C62H44N2O. The molecule has 65 heavy (non-hydrogen) atoms. The molecule has 0 saturated heterocycles. The summed E-state index contributed by atoms with van der Waals surface area (Å²) in [4.78, 5) is 4.74. The van der Waals surface area contributed by atoms with Crippen molar-refractivity contribution in [3.63, 3.8) is 0 Å². The number of fused-ring (bicyclic) bond motifs is 3. The van der Waals surface area contributed by atoms with Gasteiger partial charge in [0.15, 0.2) is 0 Å². The minimum atomic E-state index is -0.228. The summed E-state index contributed by atoms with van der Waals surface area (Å²) in [7, 11) is 0. The van der Waals surface area contributed by atoms with Gasteiger partial charge in [-0.2, -0.15) is 0 Å². The van der Waals surface area contributed by atoms with E-state index in [4.69, 9.17) is 4.74 Å². The third-order valence-corrected chi connectivity index (χ3v) is 13.0. The lowest BCUT2D eigenvalue weighted by Gasteiger charge is -2.37. The molecule has 1 heterocycles. The summed E-state index contributed by atoms with van der Waals surface area (Å²) in [5.41, 5.74) is 14.9. The topological polar surface area (TPSA) is 15.7 Å². The van der Waals surface area contributed by atoms with Crippen LogP contribution in [-0.2, 0) is 0 Å². The van der Waals surface area contributed by atoms with Crippen molar-refractivity contribution < 1.29 is 4.74 Å². The first kappa shape index (κ1) is 38.3. The van der Waals surface area contributed by atoms with E-state index in [1.165, 1.54) is 55.1 Å². The van der Waals surface area contributed by atoms with Crippen LogP contribution in [-0.4, -0.2) is 6.10 Å². The molecule has 0 N–H and O–H groups in total. The van der Waals surface area contributed by atoms with Gasteiger partial charge in [-0.1, -0.05) is 188 Å². The highest BCUT2D eigenvalue weighted by Gasteiger charge is 2.34. The van der Waals surface area contributed by atoms with Gasteiger partial charge in [0.25, 0.3) is 0 Å². The number of nitrogens with zero attached hydrogens (tertiary/aromatic N) is 2. The van der Waals surface area contributed by atoms with Crippen LogP contribution < -0.4 is 14.5 Å². The van der Waals surface area contributed by atoms with Gasteiger partial charge in [0.1, 0.15) is 11.9 Å². The van der Waals surface area contributed by atoms with Crippen LogP contribution in [0.4, 0.5) is 28.4 Å². The molecule has 0 bridgehead atoms. The molecule has 0 saturated carbocycles. The Hall–Kier alpha value is -8.40. The lowest BCUT2D eigenvalue weighted by atomic mass is 9.83. The van der Waals surface area contributed by atoms with Crippen LogP contribution in [0.2, 0.25) is 0 Å². The summed E-state index contributed by atoms with van der Waals surface area (Å²) in [5.74, 6) is 0.945. The predicted octanol–water partition coefficient (Wildman–Crippen LogP) is 16.6. The van der Waals surface area contributed by atoms with Crippen LogP contribution in [0.25, 0.3) is 54.9 Å². The Bertz CT molecular complexity index is 3290. The van der Waals surface area contributed by atoms with E-state index in [1.807, 2.05) is 0 Å². The molecule has 2 aliphatic rings. The second-order valence-electron chi connectivity index (χ2n) is 16.9. The lowest BCUT2D eigenvalue weighted by molar-refractivity contribution is 0.226. The van der Waals surface area contributed by atoms with E-state index in [2.05, 4.69) is 265 Å². The molecule has 308 valence electrons. The van der Waals surface area contributed by atoms with Crippen LogP contribution >= 0.6 is 0 Å². The van der Waals surface area contributed by atoms with Crippen molar-refractivity contribution >= 4 is 50.0 Å². The minimum absolute atomic E-state index is 0.0586. The molecule has 0 amide bonds. The highest BCUT2D eigenvalue weighted by atomic mass is 16.5. The molecule has 12 rings (SSSR count). The SMILES string of the molecule is C1=CC2c3cccc4cc(N(c5ccc(-c6ccccc6)cc5)c5cccc6ccccc56)cc(c34)OC2C=C1N(c1ccc(-c2ccccc2)cc1)c1ccc(-c2ccccc2)cc1. The zero-order chi connectivity index (χ0) is 43.1. The summed E-state index contributed by atoms with van der Waals surface area (Å²) in [6, 6.07) is 84.9. The fourth-order valence-electron chi connectivity index (χ4n) is 9.80. The number of anilines is 5. The standard InChI is InChI=1S/C62H44N2O/c1-4-14-43(15-5-1)46-26-32-51(33-27-46)63(52-34-28-47(29-35-52)44-16-6-2-7-17-44)54-38-39-57-58-24-12-22-50-40-55(42-61(62(50)58)65-60(57)41-54)64(59-25-13-21-49-20-10-11-23-56(49)59)53-36-30-48(31-37-53)45-18-8-3-9-19-45/h1-42,57,60H. The number of hydrogen-bond acceptors (Lipinski definition) is 3. The second-order valence-corrected chi connectivity index (χ2v) is 16.9.